The number of carbonyl (C=O) groups is 2. The van der Waals surface area contributed by atoms with Crippen molar-refractivity contribution in [1.82, 2.24) is 4.90 Å². The van der Waals surface area contributed by atoms with Crippen LogP contribution < -0.4 is 0 Å². The lowest BCUT2D eigenvalue weighted by Gasteiger charge is -2.31. The van der Waals surface area contributed by atoms with Gasteiger partial charge < -0.3 is 15.1 Å². The van der Waals surface area contributed by atoms with Crippen LogP contribution in [0.1, 0.15) is 51.4 Å². The molecule has 5 heteroatoms. The smallest absolute Gasteiger partial charge is 0.303 e. The predicted octanol–water partition coefficient (Wildman–Crippen LogP) is 1.39. The number of carboxylic acid groups (broad SMARTS) is 1. The third-order valence-electron chi connectivity index (χ3n) is 4.62. The normalized spacial score (nSPS) is 25.7. The van der Waals surface area contributed by atoms with Gasteiger partial charge in [-0.05, 0) is 31.1 Å². The number of carboxylic acids is 1. The Morgan fingerprint density at radius 2 is 1.84 bits per heavy atom. The molecule has 0 spiro atoms. The van der Waals surface area contributed by atoms with Crippen molar-refractivity contribution in [1.29, 1.82) is 0 Å². The topological polar surface area (TPSA) is 77.8 Å². The monoisotopic (exact) mass is 269 g/mol. The van der Waals surface area contributed by atoms with Gasteiger partial charge in [-0.25, -0.2) is 0 Å². The van der Waals surface area contributed by atoms with E-state index in [0.29, 0.717) is 13.0 Å². The predicted molar refractivity (Wildman–Crippen MR) is 69.6 cm³/mol. The molecule has 0 aromatic carbocycles. The average molecular weight is 269 g/mol. The first kappa shape index (κ1) is 14.3. The van der Waals surface area contributed by atoms with Crippen molar-refractivity contribution in [2.45, 2.75) is 57.4 Å². The molecule has 0 bridgehead atoms. The Morgan fingerprint density at radius 1 is 1.16 bits per heavy atom. The summed E-state index contributed by atoms with van der Waals surface area (Å²) in [5.41, 5.74) is -0.342. The van der Waals surface area contributed by atoms with E-state index in [2.05, 4.69) is 0 Å². The fourth-order valence-electron chi connectivity index (χ4n) is 3.64. The van der Waals surface area contributed by atoms with Crippen molar-refractivity contribution < 1.29 is 19.8 Å². The SMILES string of the molecule is O=C(O)CC1(CC(=O)N2CCC[C@@H]2CO)CCCC1. The highest BCUT2D eigenvalue weighted by Crippen LogP contribution is 2.44. The lowest BCUT2D eigenvalue weighted by molar-refractivity contribution is -0.141. The summed E-state index contributed by atoms with van der Waals surface area (Å²) in [5, 5.41) is 18.3. The van der Waals surface area contributed by atoms with Crippen LogP contribution >= 0.6 is 0 Å². The summed E-state index contributed by atoms with van der Waals surface area (Å²) >= 11 is 0. The van der Waals surface area contributed by atoms with Crippen LogP contribution in [0.25, 0.3) is 0 Å². The number of aliphatic hydroxyl groups is 1. The Bertz CT molecular complexity index is 349. The van der Waals surface area contributed by atoms with E-state index in [0.717, 1.165) is 38.5 Å². The fourth-order valence-corrected chi connectivity index (χ4v) is 3.64. The van der Waals surface area contributed by atoms with E-state index in [9.17, 15) is 14.7 Å². The van der Waals surface area contributed by atoms with Gasteiger partial charge in [0.15, 0.2) is 0 Å². The number of amides is 1. The second-order valence-electron chi connectivity index (χ2n) is 6.02. The number of hydrogen-bond acceptors (Lipinski definition) is 3. The first-order valence-electron chi connectivity index (χ1n) is 7.18. The number of aliphatic hydroxyl groups excluding tert-OH is 1. The third-order valence-corrected chi connectivity index (χ3v) is 4.62. The standard InChI is InChI=1S/C14H23NO4/c16-10-11-4-3-7-15(11)12(17)8-14(9-13(18)19)5-1-2-6-14/h11,16H,1-10H2,(H,18,19)/t11-/m1/s1. The lowest BCUT2D eigenvalue weighted by atomic mass is 9.79. The number of nitrogens with zero attached hydrogens (tertiary/aromatic N) is 1. The van der Waals surface area contributed by atoms with Crippen LogP contribution in [-0.4, -0.2) is 46.2 Å². The molecule has 108 valence electrons. The highest BCUT2D eigenvalue weighted by atomic mass is 16.4. The molecule has 1 amide bonds. The molecule has 5 nitrogen and oxygen atoms in total. The van der Waals surface area contributed by atoms with Gasteiger partial charge in [0.25, 0.3) is 0 Å². The van der Waals surface area contributed by atoms with Crippen molar-refractivity contribution in [3.8, 4) is 0 Å². The molecular formula is C14H23NO4. The maximum absolute atomic E-state index is 12.4. The minimum Gasteiger partial charge on any atom is -0.481 e. The zero-order valence-electron chi connectivity index (χ0n) is 11.3. The molecule has 1 aliphatic carbocycles. The van der Waals surface area contributed by atoms with Gasteiger partial charge in [-0.2, -0.15) is 0 Å². The minimum atomic E-state index is -0.810. The van der Waals surface area contributed by atoms with E-state index in [4.69, 9.17) is 5.11 Å². The van der Waals surface area contributed by atoms with Crippen LogP contribution in [0.5, 0.6) is 0 Å². The van der Waals surface area contributed by atoms with E-state index in [1.54, 1.807) is 4.90 Å². The van der Waals surface area contributed by atoms with E-state index in [1.165, 1.54) is 0 Å². The number of likely N-dealkylation sites (tertiary alicyclic amines) is 1. The molecule has 0 unspecified atom stereocenters. The van der Waals surface area contributed by atoms with Crippen LogP contribution in [0.4, 0.5) is 0 Å². The van der Waals surface area contributed by atoms with Gasteiger partial charge in [0.2, 0.25) is 5.91 Å². The molecule has 1 atom stereocenters. The van der Waals surface area contributed by atoms with Crippen LogP contribution in [-0.2, 0) is 9.59 Å². The quantitative estimate of drug-likeness (QED) is 0.790. The first-order valence-corrected chi connectivity index (χ1v) is 7.18. The van der Waals surface area contributed by atoms with Crippen LogP contribution in [0.3, 0.4) is 0 Å². The fraction of sp³-hybridized carbons (Fsp3) is 0.857. The van der Waals surface area contributed by atoms with E-state index in [1.807, 2.05) is 0 Å². The summed E-state index contributed by atoms with van der Waals surface area (Å²) in [5.74, 6) is -0.783. The van der Waals surface area contributed by atoms with Crippen molar-refractivity contribution >= 4 is 11.9 Å². The second kappa shape index (κ2) is 5.90. The van der Waals surface area contributed by atoms with E-state index in [-0.39, 0.29) is 30.4 Å². The molecule has 2 fully saturated rings. The van der Waals surface area contributed by atoms with Crippen molar-refractivity contribution in [3.05, 3.63) is 0 Å². The number of rotatable bonds is 5. The number of carbonyl (C=O) groups excluding carboxylic acids is 1. The molecule has 19 heavy (non-hydrogen) atoms. The Hall–Kier alpha value is -1.10. The zero-order chi connectivity index (χ0) is 13.9. The molecule has 0 aromatic heterocycles. The van der Waals surface area contributed by atoms with Gasteiger partial charge in [0.05, 0.1) is 19.1 Å². The van der Waals surface area contributed by atoms with Gasteiger partial charge >= 0.3 is 5.97 Å². The molecule has 1 heterocycles. The van der Waals surface area contributed by atoms with Crippen LogP contribution in [0.2, 0.25) is 0 Å². The van der Waals surface area contributed by atoms with Crippen molar-refractivity contribution in [2.75, 3.05) is 13.2 Å². The average Bonchev–Trinajstić information content (AvgIpc) is 2.96. The number of aliphatic carboxylic acids is 1. The van der Waals surface area contributed by atoms with Crippen LogP contribution in [0.15, 0.2) is 0 Å². The minimum absolute atomic E-state index is 0.0116. The lowest BCUT2D eigenvalue weighted by Crippen LogP contribution is -2.40. The summed E-state index contributed by atoms with van der Waals surface area (Å²) in [6, 6.07) is -0.0595. The van der Waals surface area contributed by atoms with E-state index < -0.39 is 5.97 Å². The van der Waals surface area contributed by atoms with Crippen molar-refractivity contribution in [2.24, 2.45) is 5.41 Å². The summed E-state index contributed by atoms with van der Waals surface area (Å²) in [7, 11) is 0. The first-order chi connectivity index (χ1) is 9.06. The Labute approximate surface area is 113 Å². The molecule has 1 saturated heterocycles. The van der Waals surface area contributed by atoms with Gasteiger partial charge in [0, 0.05) is 13.0 Å². The van der Waals surface area contributed by atoms with E-state index >= 15 is 0 Å². The Balaban J connectivity index is 2.01. The second-order valence-corrected chi connectivity index (χ2v) is 6.02. The summed E-state index contributed by atoms with van der Waals surface area (Å²) < 4.78 is 0. The largest absolute Gasteiger partial charge is 0.481 e. The molecule has 1 aliphatic heterocycles. The molecule has 0 radical (unpaired) electrons. The van der Waals surface area contributed by atoms with Gasteiger partial charge in [-0.3, -0.25) is 9.59 Å². The maximum atomic E-state index is 12.4. The van der Waals surface area contributed by atoms with Gasteiger partial charge in [0.1, 0.15) is 0 Å². The maximum Gasteiger partial charge on any atom is 0.303 e. The Morgan fingerprint density at radius 3 is 2.42 bits per heavy atom. The molecule has 1 saturated carbocycles. The van der Waals surface area contributed by atoms with Gasteiger partial charge in [-0.1, -0.05) is 12.8 Å². The number of hydrogen-bond donors (Lipinski definition) is 2. The summed E-state index contributed by atoms with van der Waals surface area (Å²) in [6.45, 7) is 0.713. The van der Waals surface area contributed by atoms with Crippen molar-refractivity contribution in [3.63, 3.8) is 0 Å². The Kier molecular flexibility index (Phi) is 4.45. The summed E-state index contributed by atoms with van der Waals surface area (Å²) in [6.07, 6.45) is 5.92. The molecule has 0 aromatic rings. The highest BCUT2D eigenvalue weighted by molar-refractivity contribution is 5.79. The summed E-state index contributed by atoms with van der Waals surface area (Å²) in [4.78, 5) is 25.1. The molecule has 2 rings (SSSR count). The molecule has 2 N–H and O–H groups in total. The zero-order valence-corrected chi connectivity index (χ0v) is 11.3. The van der Waals surface area contributed by atoms with Crippen LogP contribution in [0, 0.1) is 5.41 Å². The molecular weight excluding hydrogens is 246 g/mol. The third kappa shape index (κ3) is 3.26. The molecule has 2 aliphatic rings. The highest BCUT2D eigenvalue weighted by Gasteiger charge is 2.40. The van der Waals surface area contributed by atoms with Gasteiger partial charge in [-0.15, -0.1) is 0 Å².